The first-order chi connectivity index (χ1) is 7.52. The van der Waals surface area contributed by atoms with Crippen LogP contribution in [0.5, 0.6) is 0 Å². The molecule has 0 aromatic carbocycles. The Morgan fingerprint density at radius 1 is 1.50 bits per heavy atom. The van der Waals surface area contributed by atoms with E-state index in [4.69, 9.17) is 9.84 Å². The Kier molecular flexibility index (Phi) is 5.18. The monoisotopic (exact) mass is 230 g/mol. The Morgan fingerprint density at radius 2 is 2.19 bits per heavy atom. The molecule has 1 fully saturated rings. The number of ether oxygens (including phenoxy) is 1. The summed E-state index contributed by atoms with van der Waals surface area (Å²) in [6.45, 7) is 4.31. The molecule has 1 rings (SSSR count). The molecule has 1 aliphatic heterocycles. The van der Waals surface area contributed by atoms with Gasteiger partial charge in [-0.1, -0.05) is 0 Å². The Morgan fingerprint density at radius 3 is 2.75 bits per heavy atom. The van der Waals surface area contributed by atoms with Gasteiger partial charge in [-0.05, 0) is 6.92 Å². The van der Waals surface area contributed by atoms with Gasteiger partial charge in [0.05, 0.1) is 18.8 Å². The van der Waals surface area contributed by atoms with Crippen LogP contribution in [0.2, 0.25) is 0 Å². The van der Waals surface area contributed by atoms with Crippen LogP contribution in [-0.4, -0.2) is 73.4 Å². The average Bonchev–Trinajstić information content (AvgIpc) is 2.24. The van der Waals surface area contributed by atoms with Crippen molar-refractivity contribution in [1.29, 1.82) is 0 Å². The van der Waals surface area contributed by atoms with Gasteiger partial charge in [-0.25, -0.2) is 0 Å². The standard InChI is InChI=1S/C11H22N2O3/c1-9-6-13(7-10(8-14)16-9)5-4-11(15)12(2)3/h9-10,14H,4-8H2,1-3H3. The number of hydrogen-bond donors (Lipinski definition) is 1. The van der Waals surface area contributed by atoms with E-state index < -0.39 is 0 Å². The van der Waals surface area contributed by atoms with E-state index >= 15 is 0 Å². The molecule has 0 saturated carbocycles. The first-order valence-electron chi connectivity index (χ1n) is 5.71. The Balaban J connectivity index is 2.33. The lowest BCUT2D eigenvalue weighted by Gasteiger charge is -2.36. The van der Waals surface area contributed by atoms with Crippen molar-refractivity contribution in [3.63, 3.8) is 0 Å². The number of morpholine rings is 1. The minimum absolute atomic E-state index is 0.0441. The molecule has 0 aromatic rings. The fourth-order valence-electron chi connectivity index (χ4n) is 1.90. The van der Waals surface area contributed by atoms with Crippen molar-refractivity contribution in [3.8, 4) is 0 Å². The molecular formula is C11H22N2O3. The van der Waals surface area contributed by atoms with Gasteiger partial charge >= 0.3 is 0 Å². The Bertz CT molecular complexity index is 233. The molecule has 94 valence electrons. The number of aliphatic hydroxyl groups is 1. The van der Waals surface area contributed by atoms with E-state index in [0.29, 0.717) is 13.0 Å². The van der Waals surface area contributed by atoms with E-state index in [0.717, 1.165) is 13.1 Å². The summed E-state index contributed by atoms with van der Waals surface area (Å²) in [7, 11) is 3.53. The maximum absolute atomic E-state index is 11.4. The maximum Gasteiger partial charge on any atom is 0.223 e. The summed E-state index contributed by atoms with van der Waals surface area (Å²) in [6, 6.07) is 0. The number of aliphatic hydroxyl groups excluding tert-OH is 1. The van der Waals surface area contributed by atoms with Gasteiger partial charge in [0.1, 0.15) is 0 Å². The second-order valence-corrected chi connectivity index (χ2v) is 4.55. The molecular weight excluding hydrogens is 208 g/mol. The molecule has 0 spiro atoms. The van der Waals surface area contributed by atoms with Crippen molar-refractivity contribution in [2.75, 3.05) is 40.3 Å². The zero-order valence-electron chi connectivity index (χ0n) is 10.3. The molecule has 0 aliphatic carbocycles. The number of rotatable bonds is 4. The second kappa shape index (κ2) is 6.18. The van der Waals surface area contributed by atoms with Gasteiger partial charge in [-0.3, -0.25) is 9.69 Å². The lowest BCUT2D eigenvalue weighted by molar-refractivity contribution is -0.130. The Labute approximate surface area is 97.0 Å². The molecule has 1 N–H and O–H groups in total. The summed E-state index contributed by atoms with van der Waals surface area (Å²) < 4.78 is 5.53. The van der Waals surface area contributed by atoms with E-state index in [9.17, 15) is 4.79 Å². The van der Waals surface area contributed by atoms with Gasteiger partial charge < -0.3 is 14.7 Å². The fourth-order valence-corrected chi connectivity index (χ4v) is 1.90. The number of hydrogen-bond acceptors (Lipinski definition) is 4. The largest absolute Gasteiger partial charge is 0.394 e. The molecule has 0 aromatic heterocycles. The van der Waals surface area contributed by atoms with Crippen molar-refractivity contribution in [1.82, 2.24) is 9.80 Å². The van der Waals surface area contributed by atoms with Gasteiger partial charge in [0.25, 0.3) is 0 Å². The van der Waals surface area contributed by atoms with Crippen molar-refractivity contribution < 1.29 is 14.6 Å². The first-order valence-corrected chi connectivity index (χ1v) is 5.71. The molecule has 1 heterocycles. The van der Waals surface area contributed by atoms with Gasteiger partial charge in [0.15, 0.2) is 0 Å². The van der Waals surface area contributed by atoms with E-state index in [-0.39, 0.29) is 24.7 Å². The molecule has 0 radical (unpaired) electrons. The highest BCUT2D eigenvalue weighted by Gasteiger charge is 2.24. The lowest BCUT2D eigenvalue weighted by Crippen LogP contribution is -2.48. The number of carbonyl (C=O) groups is 1. The predicted molar refractivity (Wildman–Crippen MR) is 61.2 cm³/mol. The minimum atomic E-state index is -0.113. The lowest BCUT2D eigenvalue weighted by atomic mass is 10.2. The summed E-state index contributed by atoms with van der Waals surface area (Å²) in [6.07, 6.45) is 0.538. The van der Waals surface area contributed by atoms with Crippen molar-refractivity contribution in [2.45, 2.75) is 25.6 Å². The minimum Gasteiger partial charge on any atom is -0.394 e. The molecule has 5 nitrogen and oxygen atoms in total. The molecule has 16 heavy (non-hydrogen) atoms. The van der Waals surface area contributed by atoms with Crippen LogP contribution in [0.15, 0.2) is 0 Å². The van der Waals surface area contributed by atoms with Crippen LogP contribution in [0, 0.1) is 0 Å². The fraction of sp³-hybridized carbons (Fsp3) is 0.909. The number of amides is 1. The van der Waals surface area contributed by atoms with Gasteiger partial charge in [-0.15, -0.1) is 0 Å². The van der Waals surface area contributed by atoms with Gasteiger partial charge in [0.2, 0.25) is 5.91 Å². The third kappa shape index (κ3) is 4.08. The molecule has 1 amide bonds. The summed E-state index contributed by atoms with van der Waals surface area (Å²) in [4.78, 5) is 15.2. The molecule has 5 heteroatoms. The average molecular weight is 230 g/mol. The number of nitrogens with zero attached hydrogens (tertiary/aromatic N) is 2. The smallest absolute Gasteiger partial charge is 0.223 e. The van der Waals surface area contributed by atoms with Crippen LogP contribution in [0.4, 0.5) is 0 Å². The van der Waals surface area contributed by atoms with Crippen molar-refractivity contribution in [3.05, 3.63) is 0 Å². The second-order valence-electron chi connectivity index (χ2n) is 4.55. The molecule has 2 atom stereocenters. The van der Waals surface area contributed by atoms with Crippen LogP contribution in [-0.2, 0) is 9.53 Å². The predicted octanol–water partition coefficient (Wildman–Crippen LogP) is -0.454. The topological polar surface area (TPSA) is 53.0 Å². The first kappa shape index (κ1) is 13.4. The van der Waals surface area contributed by atoms with Gasteiger partial charge in [0, 0.05) is 40.2 Å². The SMILES string of the molecule is CC1CN(CCC(=O)N(C)C)CC(CO)O1. The molecule has 1 aliphatic rings. The summed E-state index contributed by atoms with van der Waals surface area (Å²) in [5.41, 5.74) is 0. The van der Waals surface area contributed by atoms with Crippen LogP contribution >= 0.6 is 0 Å². The molecule has 2 unspecified atom stereocenters. The molecule has 1 saturated heterocycles. The van der Waals surface area contributed by atoms with Gasteiger partial charge in [-0.2, -0.15) is 0 Å². The van der Waals surface area contributed by atoms with Crippen LogP contribution in [0.3, 0.4) is 0 Å². The van der Waals surface area contributed by atoms with E-state index in [1.165, 1.54) is 0 Å². The van der Waals surface area contributed by atoms with E-state index in [1.54, 1.807) is 19.0 Å². The van der Waals surface area contributed by atoms with Crippen LogP contribution in [0.25, 0.3) is 0 Å². The van der Waals surface area contributed by atoms with Crippen LogP contribution in [0.1, 0.15) is 13.3 Å². The van der Waals surface area contributed by atoms with Crippen LogP contribution < -0.4 is 0 Å². The summed E-state index contributed by atoms with van der Waals surface area (Å²) in [5.74, 6) is 0.139. The number of carbonyl (C=O) groups excluding carboxylic acids is 1. The highest BCUT2D eigenvalue weighted by molar-refractivity contribution is 5.75. The van der Waals surface area contributed by atoms with Crippen molar-refractivity contribution >= 4 is 5.91 Å². The normalized spacial score (nSPS) is 26.8. The summed E-state index contributed by atoms with van der Waals surface area (Å²) in [5, 5.41) is 9.07. The van der Waals surface area contributed by atoms with E-state index in [2.05, 4.69) is 4.90 Å². The zero-order chi connectivity index (χ0) is 12.1. The highest BCUT2D eigenvalue weighted by atomic mass is 16.5. The van der Waals surface area contributed by atoms with E-state index in [1.807, 2.05) is 6.92 Å². The quantitative estimate of drug-likeness (QED) is 0.710. The van der Waals surface area contributed by atoms with Crippen molar-refractivity contribution in [2.24, 2.45) is 0 Å². The molecule has 0 bridgehead atoms. The maximum atomic E-state index is 11.4. The third-order valence-electron chi connectivity index (χ3n) is 2.75. The summed E-state index contributed by atoms with van der Waals surface area (Å²) >= 11 is 0. The third-order valence-corrected chi connectivity index (χ3v) is 2.75. The highest BCUT2D eigenvalue weighted by Crippen LogP contribution is 2.11. The Hall–Kier alpha value is -0.650. The zero-order valence-corrected chi connectivity index (χ0v) is 10.3.